The standard InChI is InChI=1S/C24H29F3N4O2.2Na.2H/c1-16(17-7-9-18(10-8-17)24(25,26)27)20-12-11-19(15-21(20)32)33-14-6-4-5-13-23(2,3)22-28-30-31-29-22;;;;/h7-12,15-16,32H,4-6,13-14H2,1-3H3,(H,28,29,30,31);;;;. The summed E-state index contributed by atoms with van der Waals surface area (Å²) in [5.74, 6) is 1.06. The third kappa shape index (κ3) is 9.05. The molecule has 0 saturated heterocycles. The van der Waals surface area contributed by atoms with Crippen LogP contribution in [0.5, 0.6) is 11.5 Å². The summed E-state index contributed by atoms with van der Waals surface area (Å²) in [6.07, 6.45) is -0.583. The molecule has 1 unspecified atom stereocenters. The number of ether oxygens (including phenoxy) is 1. The maximum atomic E-state index is 12.8. The number of nitrogens with one attached hydrogen (secondary N) is 1. The zero-order valence-corrected chi connectivity index (χ0v) is 19.0. The van der Waals surface area contributed by atoms with Gasteiger partial charge in [0, 0.05) is 23.0 Å². The Morgan fingerprint density at radius 3 is 2.26 bits per heavy atom. The number of H-pyrrole nitrogens is 1. The number of hydrogen-bond acceptors (Lipinski definition) is 5. The van der Waals surface area contributed by atoms with Crippen molar-refractivity contribution in [3.63, 3.8) is 0 Å². The van der Waals surface area contributed by atoms with Gasteiger partial charge in [-0.2, -0.15) is 18.4 Å². The number of benzene rings is 2. The van der Waals surface area contributed by atoms with Gasteiger partial charge in [0.25, 0.3) is 0 Å². The fourth-order valence-corrected chi connectivity index (χ4v) is 3.72. The molecule has 35 heavy (non-hydrogen) atoms. The fraction of sp³-hybridized carbons (Fsp3) is 0.458. The Bertz CT molecular complexity index is 1030. The second kappa shape index (κ2) is 14.0. The van der Waals surface area contributed by atoms with E-state index in [9.17, 15) is 18.3 Å². The topological polar surface area (TPSA) is 83.9 Å². The number of halogens is 3. The number of aromatic nitrogens is 4. The van der Waals surface area contributed by atoms with Crippen LogP contribution < -0.4 is 4.74 Å². The quantitative estimate of drug-likeness (QED) is 0.305. The second-order valence-corrected chi connectivity index (χ2v) is 8.84. The molecule has 0 aliphatic heterocycles. The van der Waals surface area contributed by atoms with E-state index in [2.05, 4.69) is 34.5 Å². The van der Waals surface area contributed by atoms with Crippen LogP contribution in [0, 0.1) is 0 Å². The molecule has 0 aliphatic rings. The van der Waals surface area contributed by atoms with Crippen molar-refractivity contribution in [3.05, 3.63) is 65.0 Å². The van der Waals surface area contributed by atoms with Gasteiger partial charge in [-0.3, -0.25) is 0 Å². The number of aromatic amines is 1. The number of aromatic hydroxyl groups is 1. The number of phenolic OH excluding ortho intramolecular Hbond substituents is 1. The summed E-state index contributed by atoms with van der Waals surface area (Å²) in [4.78, 5) is 0. The molecule has 2 N–H and O–H groups in total. The molecule has 182 valence electrons. The molecule has 0 aliphatic carbocycles. The first-order valence-electron chi connectivity index (χ1n) is 10.9. The molecule has 0 spiro atoms. The van der Waals surface area contributed by atoms with Crippen LogP contribution >= 0.6 is 0 Å². The normalized spacial score (nSPS) is 12.4. The van der Waals surface area contributed by atoms with Crippen LogP contribution in [0.25, 0.3) is 0 Å². The van der Waals surface area contributed by atoms with E-state index >= 15 is 0 Å². The van der Waals surface area contributed by atoms with E-state index in [1.54, 1.807) is 18.2 Å². The molecule has 1 atom stereocenters. The first-order valence-corrected chi connectivity index (χ1v) is 10.9. The van der Waals surface area contributed by atoms with Crippen molar-refractivity contribution in [1.29, 1.82) is 0 Å². The Labute approximate surface area is 248 Å². The van der Waals surface area contributed by atoms with Crippen molar-refractivity contribution >= 4 is 59.1 Å². The number of phenols is 1. The van der Waals surface area contributed by atoms with Gasteiger partial charge in [0.1, 0.15) is 11.5 Å². The zero-order chi connectivity index (χ0) is 24.1. The van der Waals surface area contributed by atoms with E-state index in [0.29, 0.717) is 29.3 Å². The van der Waals surface area contributed by atoms with Gasteiger partial charge in [-0.25, -0.2) is 0 Å². The molecule has 1 aromatic heterocycles. The summed E-state index contributed by atoms with van der Waals surface area (Å²) in [6, 6.07) is 10.1. The van der Waals surface area contributed by atoms with Crippen LogP contribution in [-0.4, -0.2) is 91.5 Å². The predicted molar refractivity (Wildman–Crippen MR) is 133 cm³/mol. The summed E-state index contributed by atoms with van der Waals surface area (Å²) >= 11 is 0. The Kier molecular flexibility index (Phi) is 12.8. The number of alkyl halides is 3. The van der Waals surface area contributed by atoms with Gasteiger partial charge in [-0.1, -0.05) is 57.0 Å². The summed E-state index contributed by atoms with van der Waals surface area (Å²) in [5, 5.41) is 24.7. The van der Waals surface area contributed by atoms with Crippen molar-refractivity contribution in [2.24, 2.45) is 0 Å². The first-order chi connectivity index (χ1) is 15.6. The van der Waals surface area contributed by atoms with Crippen molar-refractivity contribution in [1.82, 2.24) is 20.6 Å². The van der Waals surface area contributed by atoms with E-state index in [0.717, 1.165) is 37.8 Å². The Balaban J connectivity index is 0.00000306. The third-order valence-corrected chi connectivity index (χ3v) is 5.87. The van der Waals surface area contributed by atoms with Crippen LogP contribution in [0.1, 0.15) is 74.9 Å². The molecule has 6 nitrogen and oxygen atoms in total. The minimum atomic E-state index is -4.37. The van der Waals surface area contributed by atoms with Crippen molar-refractivity contribution in [2.45, 2.75) is 64.0 Å². The average molecular weight is 511 g/mol. The van der Waals surface area contributed by atoms with Crippen LogP contribution in [0.4, 0.5) is 13.2 Å². The van der Waals surface area contributed by atoms with E-state index in [-0.39, 0.29) is 76.2 Å². The fourth-order valence-electron chi connectivity index (χ4n) is 3.72. The van der Waals surface area contributed by atoms with Crippen LogP contribution in [0.2, 0.25) is 0 Å². The van der Waals surface area contributed by atoms with Gasteiger partial charge in [0.2, 0.25) is 0 Å². The van der Waals surface area contributed by atoms with Crippen LogP contribution in [0.15, 0.2) is 42.5 Å². The number of nitrogens with zero attached hydrogens (tertiary/aromatic N) is 3. The number of tetrazole rings is 1. The van der Waals surface area contributed by atoms with E-state index in [4.69, 9.17) is 4.74 Å². The Morgan fingerprint density at radius 2 is 1.69 bits per heavy atom. The summed E-state index contributed by atoms with van der Waals surface area (Å²) < 4.78 is 44.1. The monoisotopic (exact) mass is 510 g/mol. The van der Waals surface area contributed by atoms with Gasteiger partial charge in [-0.15, -0.1) is 10.2 Å². The van der Waals surface area contributed by atoms with Crippen LogP contribution in [-0.2, 0) is 11.6 Å². The summed E-state index contributed by atoms with van der Waals surface area (Å²) in [7, 11) is 0. The average Bonchev–Trinajstić information content (AvgIpc) is 3.31. The van der Waals surface area contributed by atoms with Gasteiger partial charge >= 0.3 is 65.3 Å². The predicted octanol–water partition coefficient (Wildman–Crippen LogP) is 4.70. The molecule has 0 saturated carbocycles. The minimum absolute atomic E-state index is 0. The zero-order valence-electron chi connectivity index (χ0n) is 19.0. The first kappa shape index (κ1) is 31.9. The molecule has 0 amide bonds. The van der Waals surface area contributed by atoms with Gasteiger partial charge < -0.3 is 9.84 Å². The van der Waals surface area contributed by atoms with E-state index < -0.39 is 11.7 Å². The molecular weight excluding hydrogens is 479 g/mol. The van der Waals surface area contributed by atoms with E-state index in [1.807, 2.05) is 6.92 Å². The molecule has 3 aromatic rings. The molecule has 0 radical (unpaired) electrons. The molecule has 11 heteroatoms. The summed E-state index contributed by atoms with van der Waals surface area (Å²) in [6.45, 7) is 6.54. The Hall–Kier alpha value is -1.10. The van der Waals surface area contributed by atoms with Crippen molar-refractivity contribution in [3.8, 4) is 11.5 Å². The van der Waals surface area contributed by atoms with Crippen LogP contribution in [0.3, 0.4) is 0 Å². The van der Waals surface area contributed by atoms with Crippen molar-refractivity contribution in [2.75, 3.05) is 6.61 Å². The second-order valence-electron chi connectivity index (χ2n) is 8.84. The van der Waals surface area contributed by atoms with Gasteiger partial charge in [0.15, 0.2) is 5.82 Å². The molecule has 0 fully saturated rings. The van der Waals surface area contributed by atoms with Crippen molar-refractivity contribution < 1.29 is 23.0 Å². The Morgan fingerprint density at radius 1 is 1.00 bits per heavy atom. The SMILES string of the molecule is CC(c1ccc(C(F)(F)F)cc1)c1ccc(OCCCCCC(C)(C)c2nn[nH]n2)cc1O.[NaH].[NaH]. The molecule has 2 aromatic carbocycles. The molecule has 1 heterocycles. The maximum absolute atomic E-state index is 12.8. The summed E-state index contributed by atoms with van der Waals surface area (Å²) in [5.41, 5.74) is 0.491. The molecule has 3 rings (SSSR count). The number of unbranched alkanes of at least 4 members (excludes halogenated alkanes) is 2. The molecule has 0 bridgehead atoms. The molecular formula is C24H31F3N4Na2O2. The van der Waals surface area contributed by atoms with Gasteiger partial charge in [-0.05, 0) is 36.6 Å². The third-order valence-electron chi connectivity index (χ3n) is 5.87. The van der Waals surface area contributed by atoms with Gasteiger partial charge in [0.05, 0.1) is 12.2 Å². The van der Waals surface area contributed by atoms with E-state index in [1.165, 1.54) is 12.1 Å². The number of rotatable bonds is 10. The number of hydrogen-bond donors (Lipinski definition) is 2.